The zero-order valence-corrected chi connectivity index (χ0v) is 14.8. The summed E-state index contributed by atoms with van der Waals surface area (Å²) in [7, 11) is 0. The minimum absolute atomic E-state index is 0.121. The van der Waals surface area contributed by atoms with Crippen LogP contribution in [-0.2, 0) is 17.8 Å². The number of aromatic nitrogens is 2. The Bertz CT molecular complexity index is 845. The predicted octanol–water partition coefficient (Wildman–Crippen LogP) is 1.65. The number of H-pyrrole nitrogens is 1. The first-order valence-electron chi connectivity index (χ1n) is 9.10. The number of ether oxygens (including phenoxy) is 1. The van der Waals surface area contributed by atoms with Crippen LogP contribution in [0.2, 0.25) is 0 Å². The molecule has 1 aromatic heterocycles. The Labute approximate surface area is 155 Å². The smallest absolute Gasteiger partial charge is 0.272 e. The maximum Gasteiger partial charge on any atom is 0.272 e. The number of rotatable bonds is 6. The molecule has 7 nitrogen and oxygen atoms in total. The molecule has 142 valence electrons. The highest BCUT2D eigenvalue weighted by atomic mass is 19.1. The largest absolute Gasteiger partial charge is 0.484 e. The molecule has 1 saturated carbocycles. The van der Waals surface area contributed by atoms with Gasteiger partial charge in [-0.1, -0.05) is 0 Å². The van der Waals surface area contributed by atoms with Crippen LogP contribution >= 0.6 is 0 Å². The van der Waals surface area contributed by atoms with Gasteiger partial charge in [0.25, 0.3) is 11.8 Å². The molecule has 1 aromatic carbocycles. The van der Waals surface area contributed by atoms with Crippen molar-refractivity contribution in [1.29, 1.82) is 0 Å². The van der Waals surface area contributed by atoms with E-state index in [-0.39, 0.29) is 24.2 Å². The summed E-state index contributed by atoms with van der Waals surface area (Å²) in [6.45, 7) is 1.44. The van der Waals surface area contributed by atoms with E-state index in [0.717, 1.165) is 11.3 Å². The Hall–Kier alpha value is -2.90. The zero-order chi connectivity index (χ0) is 18.8. The highest BCUT2D eigenvalue weighted by molar-refractivity contribution is 5.94. The highest BCUT2D eigenvalue weighted by Crippen LogP contribution is 2.28. The Balaban J connectivity index is 1.33. The molecule has 27 heavy (non-hydrogen) atoms. The van der Waals surface area contributed by atoms with Gasteiger partial charge < -0.3 is 15.0 Å². The summed E-state index contributed by atoms with van der Waals surface area (Å²) in [5, 5.41) is 9.96. The zero-order valence-electron chi connectivity index (χ0n) is 14.8. The molecule has 0 saturated heterocycles. The van der Waals surface area contributed by atoms with Crippen LogP contribution in [0.5, 0.6) is 5.75 Å². The number of nitrogens with zero attached hydrogens (tertiary/aromatic N) is 2. The van der Waals surface area contributed by atoms with E-state index in [4.69, 9.17) is 4.74 Å². The second-order valence-corrected chi connectivity index (χ2v) is 6.99. The fraction of sp³-hybridized carbons (Fsp3) is 0.421. The fourth-order valence-corrected chi connectivity index (χ4v) is 3.13. The van der Waals surface area contributed by atoms with Gasteiger partial charge in [0.15, 0.2) is 12.3 Å². The molecule has 1 aliphatic heterocycles. The van der Waals surface area contributed by atoms with Gasteiger partial charge >= 0.3 is 0 Å². The summed E-state index contributed by atoms with van der Waals surface area (Å²) in [4.78, 5) is 26.3. The van der Waals surface area contributed by atoms with Gasteiger partial charge in [-0.05, 0) is 49.4 Å². The lowest BCUT2D eigenvalue weighted by molar-refractivity contribution is -0.134. The first-order chi connectivity index (χ1) is 13.1. The van der Waals surface area contributed by atoms with Crippen molar-refractivity contribution in [3.05, 3.63) is 47.0 Å². The number of halogens is 1. The second kappa shape index (κ2) is 7.38. The normalized spacial score (nSPS) is 16.0. The van der Waals surface area contributed by atoms with Gasteiger partial charge in [-0.15, -0.1) is 0 Å². The topological polar surface area (TPSA) is 87.3 Å². The van der Waals surface area contributed by atoms with Crippen molar-refractivity contribution in [1.82, 2.24) is 20.4 Å². The van der Waals surface area contributed by atoms with Crippen LogP contribution < -0.4 is 10.1 Å². The number of carbonyl (C=O) groups is 2. The van der Waals surface area contributed by atoms with E-state index in [9.17, 15) is 14.0 Å². The molecule has 2 aromatic rings. The van der Waals surface area contributed by atoms with Crippen molar-refractivity contribution in [2.24, 2.45) is 5.92 Å². The van der Waals surface area contributed by atoms with Gasteiger partial charge in [0, 0.05) is 18.7 Å². The molecule has 0 spiro atoms. The summed E-state index contributed by atoms with van der Waals surface area (Å²) in [6, 6.07) is 5.54. The SMILES string of the molecule is O=C(NCC1CC1)c1n[nH]c2c1CCN(C(=O)COc1ccc(F)cc1)C2. The number of hydrogen-bond donors (Lipinski definition) is 2. The third kappa shape index (κ3) is 4.10. The summed E-state index contributed by atoms with van der Waals surface area (Å²) in [5.41, 5.74) is 2.10. The van der Waals surface area contributed by atoms with E-state index in [1.54, 1.807) is 4.90 Å². The number of nitrogens with one attached hydrogen (secondary N) is 2. The Kier molecular flexibility index (Phi) is 4.79. The number of benzene rings is 1. The van der Waals surface area contributed by atoms with Crippen molar-refractivity contribution in [2.75, 3.05) is 19.7 Å². The maximum atomic E-state index is 12.9. The monoisotopic (exact) mass is 372 g/mol. The van der Waals surface area contributed by atoms with E-state index < -0.39 is 0 Å². The van der Waals surface area contributed by atoms with Gasteiger partial charge in [0.05, 0.1) is 12.2 Å². The third-order valence-corrected chi connectivity index (χ3v) is 4.93. The van der Waals surface area contributed by atoms with Crippen molar-refractivity contribution in [3.63, 3.8) is 0 Å². The molecule has 0 unspecified atom stereocenters. The summed E-state index contributed by atoms with van der Waals surface area (Å²) in [6.07, 6.45) is 2.92. The quantitative estimate of drug-likeness (QED) is 0.807. The van der Waals surface area contributed by atoms with Crippen molar-refractivity contribution < 1.29 is 18.7 Å². The minimum atomic E-state index is -0.353. The summed E-state index contributed by atoms with van der Waals surface area (Å²) >= 11 is 0. The molecule has 0 radical (unpaired) electrons. The summed E-state index contributed by atoms with van der Waals surface area (Å²) < 4.78 is 18.3. The third-order valence-electron chi connectivity index (χ3n) is 4.93. The molecule has 2 N–H and O–H groups in total. The van der Waals surface area contributed by atoms with Crippen LogP contribution in [0, 0.1) is 11.7 Å². The molecule has 1 fully saturated rings. The van der Waals surface area contributed by atoms with Crippen molar-refractivity contribution in [2.45, 2.75) is 25.8 Å². The Morgan fingerprint density at radius 2 is 2.07 bits per heavy atom. The van der Waals surface area contributed by atoms with Gasteiger partial charge in [-0.2, -0.15) is 5.10 Å². The van der Waals surface area contributed by atoms with Gasteiger partial charge in [-0.3, -0.25) is 14.7 Å². The molecule has 0 bridgehead atoms. The molecule has 1 aliphatic carbocycles. The van der Waals surface area contributed by atoms with Gasteiger partial charge in [0.1, 0.15) is 11.6 Å². The average molecular weight is 372 g/mol. The molecule has 2 aliphatic rings. The number of amides is 2. The van der Waals surface area contributed by atoms with Gasteiger partial charge in [-0.25, -0.2) is 4.39 Å². The van der Waals surface area contributed by atoms with Crippen LogP contribution in [0.4, 0.5) is 4.39 Å². The maximum absolute atomic E-state index is 12.9. The molecular weight excluding hydrogens is 351 g/mol. The van der Waals surface area contributed by atoms with Crippen LogP contribution in [0.1, 0.15) is 34.6 Å². The standard InChI is InChI=1S/C19H21FN4O3/c20-13-3-5-14(6-4-13)27-11-17(25)24-8-7-15-16(10-24)22-23-18(15)19(26)21-9-12-1-2-12/h3-6,12H,1-2,7-11H2,(H,21,26)(H,22,23). The van der Waals surface area contributed by atoms with E-state index in [1.807, 2.05) is 0 Å². The van der Waals surface area contributed by atoms with E-state index in [2.05, 4.69) is 15.5 Å². The number of aromatic amines is 1. The number of hydrogen-bond acceptors (Lipinski definition) is 4. The van der Waals surface area contributed by atoms with E-state index >= 15 is 0 Å². The minimum Gasteiger partial charge on any atom is -0.484 e. The predicted molar refractivity (Wildman–Crippen MR) is 94.7 cm³/mol. The van der Waals surface area contributed by atoms with Crippen LogP contribution in [-0.4, -0.2) is 46.6 Å². The molecule has 2 amide bonds. The number of carbonyl (C=O) groups excluding carboxylic acids is 2. The van der Waals surface area contributed by atoms with Crippen molar-refractivity contribution in [3.8, 4) is 5.75 Å². The lowest BCUT2D eigenvalue weighted by atomic mass is 10.0. The molecular formula is C19H21FN4O3. The molecule has 2 heterocycles. The Morgan fingerprint density at radius 3 is 2.81 bits per heavy atom. The Morgan fingerprint density at radius 1 is 1.30 bits per heavy atom. The second-order valence-electron chi connectivity index (χ2n) is 6.99. The van der Waals surface area contributed by atoms with Crippen LogP contribution in [0.25, 0.3) is 0 Å². The van der Waals surface area contributed by atoms with Crippen LogP contribution in [0.15, 0.2) is 24.3 Å². The first kappa shape index (κ1) is 17.5. The van der Waals surface area contributed by atoms with E-state index in [1.165, 1.54) is 37.1 Å². The molecule has 4 rings (SSSR count). The highest BCUT2D eigenvalue weighted by Gasteiger charge is 2.28. The molecule has 8 heteroatoms. The lowest BCUT2D eigenvalue weighted by Crippen LogP contribution is -2.39. The average Bonchev–Trinajstić information content (AvgIpc) is 3.42. The number of fused-ring (bicyclic) bond motifs is 1. The fourth-order valence-electron chi connectivity index (χ4n) is 3.13. The lowest BCUT2D eigenvalue weighted by Gasteiger charge is -2.26. The van der Waals surface area contributed by atoms with E-state index in [0.29, 0.717) is 43.4 Å². The first-order valence-corrected chi connectivity index (χ1v) is 9.10. The van der Waals surface area contributed by atoms with Gasteiger partial charge in [0.2, 0.25) is 0 Å². The van der Waals surface area contributed by atoms with Crippen LogP contribution in [0.3, 0.4) is 0 Å². The molecule has 0 atom stereocenters. The summed E-state index contributed by atoms with van der Waals surface area (Å²) in [5.74, 6) is 0.378. The van der Waals surface area contributed by atoms with Crippen molar-refractivity contribution >= 4 is 11.8 Å².